The van der Waals surface area contributed by atoms with E-state index in [-0.39, 0.29) is 32.0 Å². The molecule has 0 saturated carbocycles. The minimum absolute atomic E-state index is 0.0341. The Morgan fingerprint density at radius 3 is 1.37 bits per heavy atom. The summed E-state index contributed by atoms with van der Waals surface area (Å²) in [5.74, 6) is -0.844. The van der Waals surface area contributed by atoms with Gasteiger partial charge < -0.3 is 27.9 Å². The van der Waals surface area contributed by atoms with E-state index in [2.05, 4.69) is 62.5 Å². The van der Waals surface area contributed by atoms with E-state index < -0.39 is 26.5 Å². The summed E-state index contributed by atoms with van der Waals surface area (Å²) < 4.78 is 34.0. The third-order valence-corrected chi connectivity index (χ3v) is 11.8. The van der Waals surface area contributed by atoms with Crippen molar-refractivity contribution < 1.29 is 42.1 Å². The highest BCUT2D eigenvalue weighted by Gasteiger charge is 2.21. The van der Waals surface area contributed by atoms with Gasteiger partial charge in [0.1, 0.15) is 19.8 Å². The maximum Gasteiger partial charge on any atom is 0.306 e. The van der Waals surface area contributed by atoms with Gasteiger partial charge in [-0.05, 0) is 51.4 Å². The van der Waals surface area contributed by atoms with Gasteiger partial charge in [-0.15, -0.1) is 0 Å². The summed E-state index contributed by atoms with van der Waals surface area (Å²) in [6, 6.07) is 0. The Morgan fingerprint density at radius 1 is 0.516 bits per heavy atom. The number of phosphoric ester groups is 1. The highest BCUT2D eigenvalue weighted by molar-refractivity contribution is 7.45. The summed E-state index contributed by atoms with van der Waals surface area (Å²) in [6.07, 6.45) is 52.8. The van der Waals surface area contributed by atoms with Crippen molar-refractivity contribution in [1.29, 1.82) is 0 Å². The number of likely N-dealkylation sites (N-methyl/N-ethyl adjacent to an activating group) is 1. The molecule has 62 heavy (non-hydrogen) atoms. The first-order valence-electron chi connectivity index (χ1n) is 25.3. The SMILES string of the molecule is CC/C=C\C/C=C\C/C=C\C/C=C\CCCCCCCCC(=O)OC(COC(=O)CCCCCCCCCCCCCCCCCCCCC)COP(=O)([O-])OCC[N+](C)(C)C. The van der Waals surface area contributed by atoms with Crippen LogP contribution in [-0.2, 0) is 32.7 Å². The molecule has 0 amide bonds. The zero-order valence-electron chi connectivity index (χ0n) is 40.8. The molecule has 0 bridgehead atoms. The van der Waals surface area contributed by atoms with Crippen molar-refractivity contribution in [2.45, 2.75) is 225 Å². The number of allylic oxidation sites excluding steroid dienone is 8. The van der Waals surface area contributed by atoms with E-state index in [9.17, 15) is 19.0 Å². The van der Waals surface area contributed by atoms with Crippen molar-refractivity contribution in [1.82, 2.24) is 0 Å². The van der Waals surface area contributed by atoms with Crippen LogP contribution < -0.4 is 4.89 Å². The number of hydrogen-bond acceptors (Lipinski definition) is 8. The summed E-state index contributed by atoms with van der Waals surface area (Å²) in [5, 5.41) is 0. The lowest BCUT2D eigenvalue weighted by Crippen LogP contribution is -2.37. The third kappa shape index (κ3) is 47.4. The van der Waals surface area contributed by atoms with Crippen molar-refractivity contribution in [2.24, 2.45) is 0 Å². The van der Waals surface area contributed by atoms with E-state index in [1.165, 1.54) is 103 Å². The molecule has 0 spiro atoms. The number of phosphoric acid groups is 1. The highest BCUT2D eigenvalue weighted by Crippen LogP contribution is 2.38. The van der Waals surface area contributed by atoms with Crippen molar-refractivity contribution in [2.75, 3.05) is 47.5 Å². The minimum Gasteiger partial charge on any atom is -0.756 e. The maximum absolute atomic E-state index is 12.7. The van der Waals surface area contributed by atoms with Crippen molar-refractivity contribution in [3.8, 4) is 0 Å². The van der Waals surface area contributed by atoms with Crippen LogP contribution in [0.15, 0.2) is 48.6 Å². The van der Waals surface area contributed by atoms with Crippen LogP contribution in [0.25, 0.3) is 0 Å². The third-order valence-electron chi connectivity index (χ3n) is 10.9. The van der Waals surface area contributed by atoms with Crippen molar-refractivity contribution >= 4 is 19.8 Å². The molecule has 9 nitrogen and oxygen atoms in total. The van der Waals surface area contributed by atoms with Gasteiger partial charge >= 0.3 is 11.9 Å². The number of hydrogen-bond donors (Lipinski definition) is 0. The maximum atomic E-state index is 12.7. The van der Waals surface area contributed by atoms with E-state index in [1.807, 2.05) is 21.1 Å². The first-order valence-corrected chi connectivity index (χ1v) is 26.8. The summed E-state index contributed by atoms with van der Waals surface area (Å²) in [7, 11) is 1.16. The molecular formula is C52H96NO8P. The average molecular weight is 894 g/mol. The minimum atomic E-state index is -4.63. The molecular weight excluding hydrogens is 798 g/mol. The average Bonchev–Trinajstić information content (AvgIpc) is 3.23. The molecule has 0 rings (SSSR count). The van der Waals surface area contributed by atoms with Gasteiger partial charge in [-0.1, -0.05) is 204 Å². The smallest absolute Gasteiger partial charge is 0.306 e. The van der Waals surface area contributed by atoms with Gasteiger partial charge in [-0.3, -0.25) is 14.2 Å². The lowest BCUT2D eigenvalue weighted by atomic mass is 10.0. The second-order valence-corrected chi connectivity index (χ2v) is 19.6. The van der Waals surface area contributed by atoms with Gasteiger partial charge in [0.25, 0.3) is 7.82 Å². The van der Waals surface area contributed by atoms with Gasteiger partial charge in [0.05, 0.1) is 27.7 Å². The van der Waals surface area contributed by atoms with Crippen LogP contribution in [0.2, 0.25) is 0 Å². The highest BCUT2D eigenvalue weighted by atomic mass is 31.2. The fourth-order valence-corrected chi connectivity index (χ4v) is 7.67. The molecule has 0 N–H and O–H groups in total. The van der Waals surface area contributed by atoms with E-state index >= 15 is 0 Å². The van der Waals surface area contributed by atoms with Crippen LogP contribution in [0.1, 0.15) is 219 Å². The number of nitrogens with zero attached hydrogens (tertiary/aromatic N) is 1. The summed E-state index contributed by atoms with van der Waals surface area (Å²) in [6.45, 7) is 4.13. The van der Waals surface area contributed by atoms with Gasteiger partial charge in [0, 0.05) is 12.8 Å². The first-order chi connectivity index (χ1) is 30.0. The van der Waals surface area contributed by atoms with E-state index in [4.69, 9.17) is 18.5 Å². The summed E-state index contributed by atoms with van der Waals surface area (Å²) >= 11 is 0. The number of carbonyl (C=O) groups excluding carboxylic acids is 2. The first kappa shape index (κ1) is 60.0. The van der Waals surface area contributed by atoms with Gasteiger partial charge in [0.15, 0.2) is 6.10 Å². The van der Waals surface area contributed by atoms with Crippen LogP contribution in [0.5, 0.6) is 0 Å². The molecule has 2 unspecified atom stereocenters. The molecule has 0 saturated heterocycles. The van der Waals surface area contributed by atoms with E-state index in [0.717, 1.165) is 83.5 Å². The van der Waals surface area contributed by atoms with Gasteiger partial charge in [0.2, 0.25) is 0 Å². The lowest BCUT2D eigenvalue weighted by molar-refractivity contribution is -0.870. The Labute approximate surface area is 382 Å². The van der Waals surface area contributed by atoms with Crippen LogP contribution in [0.4, 0.5) is 0 Å². The topological polar surface area (TPSA) is 111 Å². The predicted octanol–water partition coefficient (Wildman–Crippen LogP) is 14.4. The zero-order valence-corrected chi connectivity index (χ0v) is 41.7. The Hall–Kier alpha value is -2.03. The fourth-order valence-electron chi connectivity index (χ4n) is 6.94. The Bertz CT molecular complexity index is 1190. The van der Waals surface area contributed by atoms with Crippen molar-refractivity contribution in [3.05, 3.63) is 48.6 Å². The number of carbonyl (C=O) groups is 2. The van der Waals surface area contributed by atoms with Crippen LogP contribution in [0.3, 0.4) is 0 Å². The number of quaternary nitrogens is 1. The predicted molar refractivity (Wildman–Crippen MR) is 259 cm³/mol. The number of rotatable bonds is 46. The molecule has 10 heteroatoms. The summed E-state index contributed by atoms with van der Waals surface area (Å²) in [4.78, 5) is 37.7. The normalized spacial score (nSPS) is 13.8. The molecule has 0 aliphatic rings. The molecule has 362 valence electrons. The molecule has 0 heterocycles. The molecule has 0 fully saturated rings. The second-order valence-electron chi connectivity index (χ2n) is 18.2. The monoisotopic (exact) mass is 894 g/mol. The Balaban J connectivity index is 4.27. The van der Waals surface area contributed by atoms with E-state index in [1.54, 1.807) is 0 Å². The van der Waals surface area contributed by atoms with Crippen LogP contribution >= 0.6 is 7.82 Å². The number of unbranched alkanes of at least 4 members (excludes halogenated alkanes) is 24. The lowest BCUT2D eigenvalue weighted by Gasteiger charge is -2.28. The number of ether oxygens (including phenoxy) is 2. The molecule has 0 radical (unpaired) electrons. The zero-order chi connectivity index (χ0) is 45.7. The molecule has 0 aromatic rings. The Morgan fingerprint density at radius 2 is 0.919 bits per heavy atom. The largest absolute Gasteiger partial charge is 0.756 e. The van der Waals surface area contributed by atoms with Crippen LogP contribution in [0, 0.1) is 0 Å². The number of esters is 2. The molecule has 2 atom stereocenters. The molecule has 0 aromatic heterocycles. The second kappa shape index (κ2) is 44.2. The summed E-state index contributed by atoms with van der Waals surface area (Å²) in [5.41, 5.74) is 0. The molecule has 0 aliphatic carbocycles. The van der Waals surface area contributed by atoms with Gasteiger partial charge in [-0.2, -0.15) is 0 Å². The molecule has 0 aliphatic heterocycles. The quantitative estimate of drug-likeness (QED) is 0.0195. The van der Waals surface area contributed by atoms with E-state index in [0.29, 0.717) is 17.4 Å². The van der Waals surface area contributed by atoms with Gasteiger partial charge in [-0.25, -0.2) is 0 Å². The fraction of sp³-hybridized carbons (Fsp3) is 0.808. The Kier molecular flexibility index (Phi) is 42.7. The standard InChI is InChI=1S/C52H96NO8P/c1-6-8-10-12-14-16-18-20-22-24-26-28-30-32-34-36-38-40-42-44-51(54)58-48-50(49-60-62(56,57)59-47-46-53(3,4)5)61-52(55)45-43-41-39-37-35-33-31-29-27-25-23-21-19-17-15-13-11-9-7-2/h9,11,15,17,21,23,27,29,50H,6-8,10,12-14,16,18-20,22,24-26,28,30-49H2,1-5H3/b11-9-,17-15-,23-21-,29-27-. The van der Waals surface area contributed by atoms with Crippen LogP contribution in [-0.4, -0.2) is 70.0 Å². The van der Waals surface area contributed by atoms with Crippen molar-refractivity contribution in [3.63, 3.8) is 0 Å². The molecule has 0 aromatic carbocycles.